The first-order valence-electron chi connectivity index (χ1n) is 10.4. The van der Waals surface area contributed by atoms with E-state index in [4.69, 9.17) is 4.74 Å². The molecule has 3 atom stereocenters. The van der Waals surface area contributed by atoms with Crippen LogP contribution in [0.5, 0.6) is 5.75 Å². The Hall–Kier alpha value is -1.26. The fraction of sp³-hybridized carbons (Fsp3) is 0.591. The summed E-state index contributed by atoms with van der Waals surface area (Å²) in [7, 11) is 0. The number of carbonyl (C=O) groups is 3. The summed E-state index contributed by atoms with van der Waals surface area (Å²) in [5.74, 6) is -1.31. The number of carbonyl (C=O) groups excluding carboxylic acids is 2. The van der Waals surface area contributed by atoms with Crippen molar-refractivity contribution in [2.45, 2.75) is 75.5 Å². The van der Waals surface area contributed by atoms with E-state index in [0.29, 0.717) is 5.75 Å². The number of nitrogens with zero attached hydrogens (tertiary/aromatic N) is 2. The standard InChI is InChI=1S/C22H31N3O5S.Na.H/c1-13(2)25(14(3)4)22(23-16(26)12-30-15-10-8-7-9-11-15)19(29)24-17(18(27)28)21(5,6)31-20(22)24;;/h7-11,13-14,17,20H,12H2,1-6H3,(H,23,26)(H,27,28);;/t17-,20+,22?;;/m0../s1. The molecule has 2 saturated heterocycles. The number of ether oxygens (including phenoxy) is 1. The number of amides is 2. The Balaban J connectivity index is 0.00000363. The van der Waals surface area contributed by atoms with Crippen LogP contribution in [-0.4, -0.2) is 103 Å². The van der Waals surface area contributed by atoms with Crippen molar-refractivity contribution >= 4 is 59.1 Å². The van der Waals surface area contributed by atoms with Crippen LogP contribution < -0.4 is 10.1 Å². The summed E-state index contributed by atoms with van der Waals surface area (Å²) in [6.07, 6.45) is 0. The monoisotopic (exact) mass is 473 g/mol. The van der Waals surface area contributed by atoms with Gasteiger partial charge in [0.15, 0.2) is 6.61 Å². The summed E-state index contributed by atoms with van der Waals surface area (Å²) >= 11 is 1.41. The van der Waals surface area contributed by atoms with Crippen molar-refractivity contribution in [1.82, 2.24) is 15.1 Å². The van der Waals surface area contributed by atoms with E-state index in [9.17, 15) is 19.5 Å². The first kappa shape index (κ1) is 27.0. The predicted molar refractivity (Wildman–Crippen MR) is 126 cm³/mol. The number of benzene rings is 1. The fourth-order valence-corrected chi connectivity index (χ4v) is 6.49. The van der Waals surface area contributed by atoms with Gasteiger partial charge in [-0.2, -0.15) is 0 Å². The second-order valence-electron chi connectivity index (χ2n) is 9.04. The molecule has 8 nitrogen and oxygen atoms in total. The van der Waals surface area contributed by atoms with E-state index in [1.807, 2.05) is 64.6 Å². The molecular formula is C22H32N3NaO5S. The van der Waals surface area contributed by atoms with Gasteiger partial charge in [-0.05, 0) is 53.7 Å². The molecule has 2 aliphatic rings. The SMILES string of the molecule is CC(C)N(C(C)C)C1(NC(=O)COc2ccccc2)C(=O)N2[C@@H](C(=O)O)C(C)(C)S[C@@H]21.[NaH]. The summed E-state index contributed by atoms with van der Waals surface area (Å²) in [5, 5.41) is 12.2. The average Bonchev–Trinajstić information content (AvgIpc) is 2.95. The summed E-state index contributed by atoms with van der Waals surface area (Å²) in [5.41, 5.74) is -1.33. The number of carboxylic acid groups (broad SMARTS) is 1. The maximum absolute atomic E-state index is 13.6. The number of nitrogens with one attached hydrogen (secondary N) is 1. The van der Waals surface area contributed by atoms with E-state index in [0.717, 1.165) is 0 Å². The number of aliphatic carboxylic acids is 1. The van der Waals surface area contributed by atoms with Gasteiger partial charge in [-0.1, -0.05) is 18.2 Å². The van der Waals surface area contributed by atoms with E-state index in [1.54, 1.807) is 12.1 Å². The minimum atomic E-state index is -1.33. The first-order valence-corrected chi connectivity index (χ1v) is 11.3. The minimum absolute atomic E-state index is 0. The van der Waals surface area contributed by atoms with E-state index in [-0.39, 0.29) is 48.2 Å². The van der Waals surface area contributed by atoms with Crippen molar-refractivity contribution < 1.29 is 24.2 Å². The number of thioether (sulfide) groups is 1. The fourth-order valence-electron chi connectivity index (χ4n) is 4.79. The Bertz CT molecular complexity index is 858. The second-order valence-corrected chi connectivity index (χ2v) is 10.8. The molecule has 0 aliphatic carbocycles. The van der Waals surface area contributed by atoms with Crippen LogP contribution in [-0.2, 0) is 14.4 Å². The molecule has 3 rings (SSSR count). The van der Waals surface area contributed by atoms with Gasteiger partial charge in [0.1, 0.15) is 17.2 Å². The van der Waals surface area contributed by atoms with E-state index < -0.39 is 39.6 Å². The molecule has 0 bridgehead atoms. The van der Waals surface area contributed by atoms with Crippen LogP contribution in [0.4, 0.5) is 0 Å². The molecule has 2 heterocycles. The summed E-state index contributed by atoms with van der Waals surface area (Å²) in [6, 6.07) is 7.89. The molecule has 2 amide bonds. The molecule has 10 heteroatoms. The summed E-state index contributed by atoms with van der Waals surface area (Å²) in [6.45, 7) is 11.2. The Labute approximate surface area is 215 Å². The topological polar surface area (TPSA) is 99.2 Å². The zero-order chi connectivity index (χ0) is 23.1. The molecule has 1 aromatic rings. The second kappa shape index (κ2) is 9.93. The van der Waals surface area contributed by atoms with E-state index in [2.05, 4.69) is 5.32 Å². The van der Waals surface area contributed by atoms with Gasteiger partial charge in [0.05, 0.1) is 0 Å². The number of β-lactam (4-membered cyclic amide) rings is 1. The third-order valence-electron chi connectivity index (χ3n) is 5.72. The molecule has 0 radical (unpaired) electrons. The number of hydrogen-bond acceptors (Lipinski definition) is 6. The number of para-hydroxylation sites is 1. The third-order valence-corrected chi connectivity index (χ3v) is 7.34. The number of hydrogen-bond donors (Lipinski definition) is 2. The van der Waals surface area contributed by atoms with Crippen LogP contribution in [0, 0.1) is 0 Å². The molecule has 0 aromatic heterocycles. The van der Waals surface area contributed by atoms with Gasteiger partial charge < -0.3 is 20.1 Å². The van der Waals surface area contributed by atoms with Crippen LogP contribution in [0.1, 0.15) is 41.5 Å². The quantitative estimate of drug-likeness (QED) is 0.335. The van der Waals surface area contributed by atoms with Gasteiger partial charge >= 0.3 is 35.5 Å². The Kier molecular flexibility index (Phi) is 8.37. The maximum atomic E-state index is 13.6. The summed E-state index contributed by atoms with van der Waals surface area (Å²) < 4.78 is 4.88. The molecule has 1 aromatic carbocycles. The number of carboxylic acids is 1. The first-order chi connectivity index (χ1) is 14.4. The van der Waals surface area contributed by atoms with Crippen LogP contribution in [0.25, 0.3) is 0 Å². The van der Waals surface area contributed by atoms with E-state index >= 15 is 0 Å². The van der Waals surface area contributed by atoms with Crippen LogP contribution >= 0.6 is 11.8 Å². The molecule has 2 aliphatic heterocycles. The van der Waals surface area contributed by atoms with Gasteiger partial charge in [-0.25, -0.2) is 4.79 Å². The Morgan fingerprint density at radius 3 is 2.25 bits per heavy atom. The van der Waals surface area contributed by atoms with Crippen molar-refractivity contribution in [2.24, 2.45) is 0 Å². The average molecular weight is 474 g/mol. The molecular weight excluding hydrogens is 441 g/mol. The van der Waals surface area contributed by atoms with Gasteiger partial charge in [0.2, 0.25) is 5.66 Å². The molecule has 0 spiro atoms. The van der Waals surface area contributed by atoms with E-state index in [1.165, 1.54) is 16.7 Å². The molecule has 2 fully saturated rings. The van der Waals surface area contributed by atoms with Gasteiger partial charge in [0.25, 0.3) is 11.8 Å². The molecule has 0 saturated carbocycles. The van der Waals surface area contributed by atoms with Gasteiger partial charge in [0, 0.05) is 16.8 Å². The Morgan fingerprint density at radius 1 is 1.19 bits per heavy atom. The molecule has 1 unspecified atom stereocenters. The zero-order valence-electron chi connectivity index (χ0n) is 18.8. The van der Waals surface area contributed by atoms with Crippen molar-refractivity contribution in [3.63, 3.8) is 0 Å². The Morgan fingerprint density at radius 2 is 1.75 bits per heavy atom. The zero-order valence-corrected chi connectivity index (χ0v) is 19.6. The number of rotatable bonds is 8. The van der Waals surface area contributed by atoms with Crippen molar-refractivity contribution in [3.8, 4) is 5.75 Å². The summed E-state index contributed by atoms with van der Waals surface area (Å²) in [4.78, 5) is 41.8. The number of fused-ring (bicyclic) bond motifs is 1. The van der Waals surface area contributed by atoms with Crippen molar-refractivity contribution in [1.29, 1.82) is 0 Å². The molecule has 2 N–H and O–H groups in total. The van der Waals surface area contributed by atoms with Crippen molar-refractivity contribution in [3.05, 3.63) is 30.3 Å². The molecule has 172 valence electrons. The normalized spacial score (nSPS) is 25.9. The third kappa shape index (κ3) is 4.55. The van der Waals surface area contributed by atoms with Crippen LogP contribution in [0.2, 0.25) is 0 Å². The molecule has 32 heavy (non-hydrogen) atoms. The van der Waals surface area contributed by atoms with Crippen LogP contribution in [0.3, 0.4) is 0 Å². The predicted octanol–water partition coefficient (Wildman–Crippen LogP) is 1.50. The van der Waals surface area contributed by atoms with Crippen LogP contribution in [0.15, 0.2) is 30.3 Å². The van der Waals surface area contributed by atoms with Gasteiger partial charge in [-0.3, -0.25) is 14.5 Å². The van der Waals surface area contributed by atoms with Crippen molar-refractivity contribution in [2.75, 3.05) is 6.61 Å². The van der Waals surface area contributed by atoms with Gasteiger partial charge in [-0.15, -0.1) is 11.8 Å².